The first kappa shape index (κ1) is 18.0. The van der Waals surface area contributed by atoms with Crippen LogP contribution in [-0.2, 0) is 4.79 Å². The molecule has 26 heavy (non-hydrogen) atoms. The monoisotopic (exact) mass is 351 g/mol. The quantitative estimate of drug-likeness (QED) is 0.921. The maximum Gasteiger partial charge on any atom is 0.251 e. The summed E-state index contributed by atoms with van der Waals surface area (Å²) < 4.78 is 0. The minimum Gasteiger partial charge on any atom is -0.378 e. The Morgan fingerprint density at radius 2 is 1.69 bits per heavy atom. The first-order valence-electron chi connectivity index (χ1n) is 8.83. The van der Waals surface area contributed by atoms with Crippen molar-refractivity contribution in [2.75, 3.05) is 30.4 Å². The van der Waals surface area contributed by atoms with Gasteiger partial charge in [-0.15, -0.1) is 0 Å². The van der Waals surface area contributed by atoms with Gasteiger partial charge in [0.1, 0.15) is 6.04 Å². The summed E-state index contributed by atoms with van der Waals surface area (Å²) in [6, 6.07) is 13.0. The van der Waals surface area contributed by atoms with Crippen LogP contribution >= 0.6 is 0 Å². The van der Waals surface area contributed by atoms with Crippen molar-refractivity contribution in [1.29, 1.82) is 0 Å². The number of nitrogens with zero attached hydrogens (tertiary/aromatic N) is 2. The third-order valence-electron chi connectivity index (χ3n) is 4.67. The molecule has 1 atom stereocenters. The molecule has 2 amide bonds. The van der Waals surface area contributed by atoms with Crippen LogP contribution in [-0.4, -0.2) is 38.5 Å². The summed E-state index contributed by atoms with van der Waals surface area (Å²) in [5, 5.41) is 2.88. The predicted molar refractivity (Wildman–Crippen MR) is 105 cm³/mol. The molecule has 2 aromatic carbocycles. The number of carbonyl (C=O) groups excluding carboxylic acids is 2. The van der Waals surface area contributed by atoms with E-state index in [0.29, 0.717) is 18.5 Å². The van der Waals surface area contributed by atoms with Gasteiger partial charge in [-0.2, -0.15) is 0 Å². The Kier molecular flexibility index (Phi) is 4.98. The first-order valence-corrected chi connectivity index (χ1v) is 8.83. The summed E-state index contributed by atoms with van der Waals surface area (Å²) in [6.07, 6.45) is 0.618. The minimum absolute atomic E-state index is 0.0479. The third kappa shape index (κ3) is 3.72. The van der Waals surface area contributed by atoms with Crippen LogP contribution in [0.1, 0.15) is 27.9 Å². The van der Waals surface area contributed by atoms with Gasteiger partial charge in [-0.3, -0.25) is 9.59 Å². The molecule has 0 radical (unpaired) electrons. The molecule has 136 valence electrons. The Hall–Kier alpha value is -2.82. The Bertz CT molecular complexity index is 807. The second-order valence-electron chi connectivity index (χ2n) is 7.09. The molecule has 5 nitrogen and oxygen atoms in total. The molecule has 1 heterocycles. The highest BCUT2D eigenvalue weighted by molar-refractivity contribution is 6.04. The molecule has 2 aromatic rings. The Labute approximate surface area is 154 Å². The zero-order valence-electron chi connectivity index (χ0n) is 15.7. The molecular weight excluding hydrogens is 326 g/mol. The minimum atomic E-state index is -0.475. The fraction of sp³-hybridized carbons (Fsp3) is 0.333. The first-order chi connectivity index (χ1) is 12.3. The van der Waals surface area contributed by atoms with Gasteiger partial charge in [0, 0.05) is 37.6 Å². The summed E-state index contributed by atoms with van der Waals surface area (Å²) >= 11 is 0. The number of amides is 2. The Balaban J connectivity index is 1.69. The van der Waals surface area contributed by atoms with Gasteiger partial charge in [-0.1, -0.05) is 6.07 Å². The van der Waals surface area contributed by atoms with Crippen LogP contribution in [0, 0.1) is 13.8 Å². The fourth-order valence-corrected chi connectivity index (χ4v) is 3.33. The number of hydrogen-bond donors (Lipinski definition) is 1. The number of anilines is 2. The van der Waals surface area contributed by atoms with Crippen LogP contribution in [0.4, 0.5) is 11.4 Å². The van der Waals surface area contributed by atoms with Gasteiger partial charge in [0.15, 0.2) is 0 Å². The molecule has 0 bridgehead atoms. The van der Waals surface area contributed by atoms with E-state index in [-0.39, 0.29) is 11.8 Å². The normalized spacial score (nSPS) is 16.7. The molecule has 1 fully saturated rings. The topological polar surface area (TPSA) is 52.7 Å². The average Bonchev–Trinajstić information content (AvgIpc) is 2.94. The van der Waals surface area contributed by atoms with E-state index >= 15 is 0 Å². The van der Waals surface area contributed by atoms with Crippen molar-refractivity contribution in [3.8, 4) is 0 Å². The summed E-state index contributed by atoms with van der Waals surface area (Å²) in [7, 11) is 3.90. The van der Waals surface area contributed by atoms with Gasteiger partial charge in [0.2, 0.25) is 5.91 Å². The summed E-state index contributed by atoms with van der Waals surface area (Å²) in [6.45, 7) is 4.66. The number of carbonyl (C=O) groups is 2. The smallest absolute Gasteiger partial charge is 0.251 e. The third-order valence-corrected chi connectivity index (χ3v) is 4.67. The number of benzene rings is 2. The lowest BCUT2D eigenvalue weighted by atomic mass is 10.1. The highest BCUT2D eigenvalue weighted by Gasteiger charge is 2.33. The molecule has 0 spiro atoms. The zero-order valence-corrected chi connectivity index (χ0v) is 15.7. The SMILES string of the molecule is Cc1cc(C)cc(N2CCC(NC(=O)c3ccc(N(C)C)cc3)C2=O)c1. The number of rotatable bonds is 4. The van der Waals surface area contributed by atoms with Crippen LogP contribution in [0.5, 0.6) is 0 Å². The van der Waals surface area contributed by atoms with E-state index in [1.54, 1.807) is 17.0 Å². The predicted octanol–water partition coefficient (Wildman–Crippen LogP) is 2.90. The molecule has 1 N–H and O–H groups in total. The standard InChI is InChI=1S/C21H25N3O2/c1-14-11-15(2)13-18(12-14)24-10-9-19(21(24)26)22-20(25)16-5-7-17(8-6-16)23(3)4/h5-8,11-13,19H,9-10H2,1-4H3,(H,22,25). The van der Waals surface area contributed by atoms with Crippen LogP contribution in [0.2, 0.25) is 0 Å². The Morgan fingerprint density at radius 1 is 1.08 bits per heavy atom. The largest absolute Gasteiger partial charge is 0.378 e. The van der Waals surface area contributed by atoms with Crippen LogP contribution in [0.15, 0.2) is 42.5 Å². The maximum absolute atomic E-state index is 12.7. The Morgan fingerprint density at radius 3 is 2.27 bits per heavy atom. The van der Waals surface area contributed by atoms with Crippen LogP contribution < -0.4 is 15.1 Å². The van der Waals surface area contributed by atoms with E-state index in [4.69, 9.17) is 0 Å². The van der Waals surface area contributed by atoms with E-state index in [0.717, 1.165) is 22.5 Å². The van der Waals surface area contributed by atoms with Crippen LogP contribution in [0.25, 0.3) is 0 Å². The maximum atomic E-state index is 12.7. The highest BCUT2D eigenvalue weighted by Crippen LogP contribution is 2.24. The van der Waals surface area contributed by atoms with Gasteiger partial charge in [0.05, 0.1) is 0 Å². The number of hydrogen-bond acceptors (Lipinski definition) is 3. The fourth-order valence-electron chi connectivity index (χ4n) is 3.33. The molecule has 3 rings (SSSR count). The second-order valence-corrected chi connectivity index (χ2v) is 7.09. The van der Waals surface area contributed by atoms with E-state index in [9.17, 15) is 9.59 Å². The molecular formula is C21H25N3O2. The lowest BCUT2D eigenvalue weighted by Crippen LogP contribution is -2.41. The van der Waals surface area contributed by atoms with Crippen molar-refractivity contribution in [1.82, 2.24) is 5.32 Å². The average molecular weight is 351 g/mol. The molecule has 1 aliphatic rings. The van der Waals surface area contributed by atoms with Crippen molar-refractivity contribution in [3.63, 3.8) is 0 Å². The van der Waals surface area contributed by atoms with Gasteiger partial charge in [0.25, 0.3) is 5.91 Å². The lowest BCUT2D eigenvalue weighted by molar-refractivity contribution is -0.118. The van der Waals surface area contributed by atoms with E-state index in [2.05, 4.69) is 11.4 Å². The lowest BCUT2D eigenvalue weighted by Gasteiger charge is -2.18. The van der Waals surface area contributed by atoms with Gasteiger partial charge in [-0.25, -0.2) is 0 Å². The van der Waals surface area contributed by atoms with Crippen molar-refractivity contribution < 1.29 is 9.59 Å². The van der Waals surface area contributed by atoms with Gasteiger partial charge < -0.3 is 15.1 Å². The second kappa shape index (κ2) is 7.20. The molecule has 0 aliphatic carbocycles. The van der Waals surface area contributed by atoms with Crippen molar-refractivity contribution >= 4 is 23.2 Å². The summed E-state index contributed by atoms with van der Waals surface area (Å²) in [5.74, 6) is -0.260. The van der Waals surface area contributed by atoms with Crippen molar-refractivity contribution in [2.45, 2.75) is 26.3 Å². The zero-order chi connectivity index (χ0) is 18.8. The molecule has 0 aromatic heterocycles. The molecule has 1 saturated heterocycles. The van der Waals surface area contributed by atoms with Gasteiger partial charge >= 0.3 is 0 Å². The number of nitrogens with one attached hydrogen (secondary N) is 1. The molecule has 0 saturated carbocycles. The molecule has 1 unspecified atom stereocenters. The van der Waals surface area contributed by atoms with Gasteiger partial charge in [-0.05, 0) is 67.8 Å². The van der Waals surface area contributed by atoms with E-state index < -0.39 is 6.04 Å². The molecule has 1 aliphatic heterocycles. The summed E-state index contributed by atoms with van der Waals surface area (Å²) in [4.78, 5) is 29.0. The number of aryl methyl sites for hydroxylation is 2. The summed E-state index contributed by atoms with van der Waals surface area (Å²) in [5.41, 5.74) is 4.75. The van der Waals surface area contributed by atoms with Crippen molar-refractivity contribution in [3.05, 3.63) is 59.2 Å². The van der Waals surface area contributed by atoms with Crippen molar-refractivity contribution in [2.24, 2.45) is 0 Å². The van der Waals surface area contributed by atoms with E-state index in [1.807, 2.05) is 57.1 Å². The van der Waals surface area contributed by atoms with Crippen LogP contribution in [0.3, 0.4) is 0 Å². The molecule has 5 heteroatoms. The highest BCUT2D eigenvalue weighted by atomic mass is 16.2. The van der Waals surface area contributed by atoms with E-state index in [1.165, 1.54) is 0 Å².